The minimum atomic E-state index is -1.41. The number of hydrogen-bond donors (Lipinski definition) is 0. The van der Waals surface area contributed by atoms with E-state index >= 15 is 0 Å². The van der Waals surface area contributed by atoms with Crippen LogP contribution in [0.3, 0.4) is 0 Å². The zero-order valence-corrected chi connectivity index (χ0v) is 18.2. The zero-order chi connectivity index (χ0) is 22.5. The van der Waals surface area contributed by atoms with Gasteiger partial charge in [-0.3, -0.25) is 19.8 Å². The monoisotopic (exact) mass is 473 g/mol. The van der Waals surface area contributed by atoms with E-state index in [1.165, 1.54) is 36.4 Å². The number of hydrogen-bond acceptors (Lipinski definition) is 7. The molecule has 1 aliphatic rings. The van der Waals surface area contributed by atoms with Crippen molar-refractivity contribution in [1.29, 1.82) is 0 Å². The van der Waals surface area contributed by atoms with Crippen molar-refractivity contribution in [1.82, 2.24) is 4.90 Å². The molecule has 1 aliphatic heterocycles. The van der Waals surface area contributed by atoms with Crippen LogP contribution < -0.4 is 5.11 Å². The van der Waals surface area contributed by atoms with Crippen LogP contribution >= 0.6 is 35.6 Å². The number of nitro groups is 1. The third-order valence-corrected chi connectivity index (χ3v) is 5.91. The summed E-state index contributed by atoms with van der Waals surface area (Å²) in [6.07, 6.45) is 2.96. The number of amides is 1. The van der Waals surface area contributed by atoms with E-state index in [1.54, 1.807) is 30.3 Å². The SMILES string of the molecule is O=C([O-])[C@H](Cc1ccccc1)N1C(=O)/C(=C/C(Cl)=C/c2ccc([N+](=O)[O-])cc2)SC1=S. The van der Waals surface area contributed by atoms with Crippen LogP contribution in [0.15, 0.2) is 70.6 Å². The van der Waals surface area contributed by atoms with E-state index in [1.807, 2.05) is 0 Å². The Morgan fingerprint density at radius 3 is 2.42 bits per heavy atom. The first kappa shape index (κ1) is 22.7. The Bertz CT molecular complexity index is 1100. The molecule has 1 atom stereocenters. The van der Waals surface area contributed by atoms with Gasteiger partial charge in [-0.05, 0) is 41.8 Å². The molecule has 0 unspecified atom stereocenters. The molecule has 0 saturated carbocycles. The highest BCUT2D eigenvalue weighted by molar-refractivity contribution is 8.26. The number of rotatable bonds is 7. The summed E-state index contributed by atoms with van der Waals surface area (Å²) >= 11 is 12.4. The zero-order valence-electron chi connectivity index (χ0n) is 15.8. The second-order valence-electron chi connectivity index (χ2n) is 6.45. The molecule has 158 valence electrons. The molecule has 1 heterocycles. The maximum absolute atomic E-state index is 12.9. The average Bonchev–Trinajstić information content (AvgIpc) is 3.00. The summed E-state index contributed by atoms with van der Waals surface area (Å²) in [6, 6.07) is 13.3. The lowest BCUT2D eigenvalue weighted by atomic mass is 10.0. The Kier molecular flexibility index (Phi) is 7.21. The fourth-order valence-corrected chi connectivity index (χ4v) is 4.53. The van der Waals surface area contributed by atoms with Crippen molar-refractivity contribution in [3.63, 3.8) is 0 Å². The van der Waals surface area contributed by atoms with Crippen LogP contribution in [0.4, 0.5) is 5.69 Å². The van der Waals surface area contributed by atoms with E-state index < -0.39 is 22.8 Å². The van der Waals surface area contributed by atoms with E-state index in [-0.39, 0.29) is 26.4 Å². The predicted octanol–water partition coefficient (Wildman–Crippen LogP) is 3.28. The van der Waals surface area contributed by atoms with E-state index in [0.29, 0.717) is 5.56 Å². The molecule has 10 heteroatoms. The standard InChI is InChI=1S/C21H15ClN2O5S2/c22-15(10-14-6-8-16(9-7-14)24(28)29)12-18-19(25)23(21(30)31-18)17(20(26)27)11-13-4-2-1-3-5-13/h1-10,12,17H,11H2,(H,26,27)/p-1/b15-10-,18-12-/t17-/m0/s1. The molecule has 0 N–H and O–H groups in total. The first-order chi connectivity index (χ1) is 14.8. The Labute approximate surface area is 192 Å². The highest BCUT2D eigenvalue weighted by atomic mass is 35.5. The van der Waals surface area contributed by atoms with Gasteiger partial charge in [0.05, 0.1) is 21.8 Å². The van der Waals surface area contributed by atoms with Crippen molar-refractivity contribution in [3.05, 3.63) is 91.9 Å². The van der Waals surface area contributed by atoms with E-state index in [4.69, 9.17) is 23.8 Å². The number of non-ortho nitro benzene ring substituents is 1. The maximum Gasteiger partial charge on any atom is 0.269 e. The number of nitrogens with zero attached hydrogens (tertiary/aromatic N) is 2. The lowest BCUT2D eigenvalue weighted by molar-refractivity contribution is -0.384. The number of carbonyl (C=O) groups excluding carboxylic acids is 2. The van der Waals surface area contributed by atoms with Gasteiger partial charge in [-0.15, -0.1) is 0 Å². The number of nitro benzene ring substituents is 1. The normalized spacial score (nSPS) is 16.6. The molecule has 1 saturated heterocycles. The maximum atomic E-state index is 12.9. The van der Waals surface area contributed by atoms with Gasteiger partial charge in [0.25, 0.3) is 11.6 Å². The van der Waals surface area contributed by atoms with E-state index in [0.717, 1.165) is 22.2 Å². The van der Waals surface area contributed by atoms with Gasteiger partial charge < -0.3 is 9.90 Å². The molecule has 7 nitrogen and oxygen atoms in total. The van der Waals surface area contributed by atoms with Gasteiger partial charge in [0, 0.05) is 17.2 Å². The van der Waals surface area contributed by atoms with Crippen molar-refractivity contribution in [2.75, 3.05) is 0 Å². The molecular weight excluding hydrogens is 460 g/mol. The number of aliphatic carboxylic acids is 1. The number of carbonyl (C=O) groups is 2. The molecule has 0 aliphatic carbocycles. The smallest absolute Gasteiger partial charge is 0.269 e. The Morgan fingerprint density at radius 2 is 1.84 bits per heavy atom. The summed E-state index contributed by atoms with van der Waals surface area (Å²) in [7, 11) is 0. The molecule has 2 aromatic carbocycles. The lowest BCUT2D eigenvalue weighted by Crippen LogP contribution is -2.51. The number of halogens is 1. The van der Waals surface area contributed by atoms with Gasteiger partial charge in [0.15, 0.2) is 0 Å². The molecule has 1 amide bonds. The highest BCUT2D eigenvalue weighted by Gasteiger charge is 2.37. The van der Waals surface area contributed by atoms with E-state index in [9.17, 15) is 24.8 Å². The van der Waals surface area contributed by atoms with Gasteiger partial charge >= 0.3 is 0 Å². The van der Waals surface area contributed by atoms with Crippen molar-refractivity contribution >= 4 is 63.5 Å². The largest absolute Gasteiger partial charge is 0.548 e. The Morgan fingerprint density at radius 1 is 1.19 bits per heavy atom. The minimum Gasteiger partial charge on any atom is -0.548 e. The van der Waals surface area contributed by atoms with Gasteiger partial charge in [-0.1, -0.05) is 65.9 Å². The topological polar surface area (TPSA) is 104 Å². The molecular formula is C21H14ClN2O5S2-. The number of thiocarbonyl (C=S) groups is 1. The number of thioether (sulfide) groups is 1. The molecule has 2 aromatic rings. The molecule has 0 bridgehead atoms. The Hall–Kier alpha value is -3.01. The predicted molar refractivity (Wildman–Crippen MR) is 121 cm³/mol. The number of carboxylic acids is 1. The second kappa shape index (κ2) is 9.86. The number of allylic oxidation sites excluding steroid dienone is 2. The van der Waals surface area contributed by atoms with Crippen molar-refractivity contribution in [2.24, 2.45) is 0 Å². The molecule has 0 radical (unpaired) electrons. The van der Waals surface area contributed by atoms with Gasteiger partial charge in [0.1, 0.15) is 4.32 Å². The van der Waals surface area contributed by atoms with Crippen LogP contribution in [0.25, 0.3) is 6.08 Å². The third-order valence-electron chi connectivity index (χ3n) is 4.36. The Balaban J connectivity index is 1.81. The van der Waals surface area contributed by atoms with E-state index in [2.05, 4.69) is 0 Å². The fraction of sp³-hybridized carbons (Fsp3) is 0.0952. The summed E-state index contributed by atoms with van der Waals surface area (Å²) in [5.41, 5.74) is 1.27. The average molecular weight is 474 g/mol. The van der Waals surface area contributed by atoms with Crippen LogP contribution in [-0.2, 0) is 16.0 Å². The second-order valence-corrected chi connectivity index (χ2v) is 8.57. The summed E-state index contributed by atoms with van der Waals surface area (Å²) in [4.78, 5) is 36.0. The molecule has 0 aromatic heterocycles. The number of benzene rings is 2. The van der Waals surface area contributed by atoms with Crippen molar-refractivity contribution in [3.8, 4) is 0 Å². The first-order valence-corrected chi connectivity index (χ1v) is 10.5. The lowest BCUT2D eigenvalue weighted by Gasteiger charge is -2.27. The van der Waals surface area contributed by atoms with Crippen molar-refractivity contribution < 1.29 is 19.6 Å². The summed E-state index contributed by atoms with van der Waals surface area (Å²) < 4.78 is 0.0983. The molecule has 31 heavy (non-hydrogen) atoms. The summed E-state index contributed by atoms with van der Waals surface area (Å²) in [5, 5.41) is 22.7. The van der Waals surface area contributed by atoms with Gasteiger partial charge in [0.2, 0.25) is 0 Å². The fourth-order valence-electron chi connectivity index (χ4n) is 2.88. The molecule has 1 fully saturated rings. The van der Waals surface area contributed by atoms with Gasteiger partial charge in [-0.2, -0.15) is 0 Å². The van der Waals surface area contributed by atoms with Crippen LogP contribution in [0.1, 0.15) is 11.1 Å². The molecule has 0 spiro atoms. The van der Waals surface area contributed by atoms with Crippen LogP contribution in [-0.4, -0.2) is 32.1 Å². The molecule has 3 rings (SSSR count). The summed E-state index contributed by atoms with van der Waals surface area (Å²) in [5.74, 6) is -1.98. The minimum absolute atomic E-state index is 0.0509. The highest BCUT2D eigenvalue weighted by Crippen LogP contribution is 2.34. The van der Waals surface area contributed by atoms with Crippen LogP contribution in [0, 0.1) is 10.1 Å². The van der Waals surface area contributed by atoms with Gasteiger partial charge in [-0.25, -0.2) is 0 Å². The summed E-state index contributed by atoms with van der Waals surface area (Å²) in [6.45, 7) is 0. The van der Waals surface area contributed by atoms with Crippen LogP contribution in [0.5, 0.6) is 0 Å². The first-order valence-electron chi connectivity index (χ1n) is 8.90. The van der Waals surface area contributed by atoms with Crippen molar-refractivity contribution in [2.45, 2.75) is 12.5 Å². The third kappa shape index (κ3) is 5.57. The number of carboxylic acid groups (broad SMARTS) is 1. The van der Waals surface area contributed by atoms with Crippen LogP contribution in [0.2, 0.25) is 0 Å². The quantitative estimate of drug-likeness (QED) is 0.263.